The number of fused-ring (bicyclic) bond motifs is 1. The van der Waals surface area contributed by atoms with E-state index in [1.54, 1.807) is 13.2 Å². The molecule has 1 heterocycles. The molecule has 0 fully saturated rings. The summed E-state index contributed by atoms with van der Waals surface area (Å²) in [6, 6.07) is 13.3. The lowest BCUT2D eigenvalue weighted by Gasteiger charge is -2.17. The lowest BCUT2D eigenvalue weighted by molar-refractivity contribution is -0.116. The molecular formula is C18H18N2O3S. The van der Waals surface area contributed by atoms with Gasteiger partial charge in [-0.25, -0.2) is 0 Å². The summed E-state index contributed by atoms with van der Waals surface area (Å²) in [5.74, 6) is 1.16. The van der Waals surface area contributed by atoms with Gasteiger partial charge in [0, 0.05) is 17.0 Å². The van der Waals surface area contributed by atoms with Crippen molar-refractivity contribution in [3.8, 4) is 5.75 Å². The number of aryl methyl sites for hydroxylation is 1. The third-order valence-corrected chi connectivity index (χ3v) is 4.77. The van der Waals surface area contributed by atoms with E-state index in [2.05, 4.69) is 10.6 Å². The lowest BCUT2D eigenvalue weighted by Crippen LogP contribution is -2.19. The molecule has 0 spiro atoms. The van der Waals surface area contributed by atoms with Gasteiger partial charge in [-0.15, -0.1) is 11.8 Å². The number of carbonyl (C=O) groups is 2. The zero-order chi connectivity index (χ0) is 16.9. The first-order chi connectivity index (χ1) is 11.6. The Hall–Kier alpha value is -2.47. The van der Waals surface area contributed by atoms with Gasteiger partial charge in [0.25, 0.3) is 0 Å². The first-order valence-electron chi connectivity index (χ1n) is 7.63. The molecule has 124 valence electrons. The molecule has 5 nitrogen and oxygen atoms in total. The summed E-state index contributed by atoms with van der Waals surface area (Å²) in [7, 11) is 1.63. The first-order valence-corrected chi connectivity index (χ1v) is 8.62. The Morgan fingerprint density at radius 1 is 1.25 bits per heavy atom. The predicted octanol–water partition coefficient (Wildman–Crippen LogP) is 3.31. The van der Waals surface area contributed by atoms with Crippen LogP contribution in [0.5, 0.6) is 5.75 Å². The SMILES string of the molecule is COc1ccc(CCC(=O)Nc2ccc3c(c2)NC(=O)CS3)cc1. The van der Waals surface area contributed by atoms with Gasteiger partial charge in [-0.2, -0.15) is 0 Å². The molecule has 24 heavy (non-hydrogen) atoms. The Morgan fingerprint density at radius 3 is 2.79 bits per heavy atom. The minimum atomic E-state index is -0.0550. The van der Waals surface area contributed by atoms with Crippen LogP contribution < -0.4 is 15.4 Å². The van der Waals surface area contributed by atoms with Crippen molar-refractivity contribution in [2.24, 2.45) is 0 Å². The number of benzene rings is 2. The number of methoxy groups -OCH3 is 1. The number of anilines is 2. The predicted molar refractivity (Wildman–Crippen MR) is 95.7 cm³/mol. The molecule has 0 bridgehead atoms. The number of amides is 2. The number of carbonyl (C=O) groups excluding carboxylic acids is 2. The van der Waals surface area contributed by atoms with Crippen LogP contribution in [0.1, 0.15) is 12.0 Å². The van der Waals surface area contributed by atoms with Crippen LogP contribution >= 0.6 is 11.8 Å². The van der Waals surface area contributed by atoms with Crippen LogP contribution in [0.2, 0.25) is 0 Å². The molecule has 0 unspecified atom stereocenters. The molecule has 0 saturated carbocycles. The zero-order valence-corrected chi connectivity index (χ0v) is 14.1. The molecule has 0 saturated heterocycles. The maximum absolute atomic E-state index is 12.1. The number of rotatable bonds is 5. The van der Waals surface area contributed by atoms with Crippen LogP contribution in [0.3, 0.4) is 0 Å². The molecule has 2 amide bonds. The van der Waals surface area contributed by atoms with Crippen LogP contribution in [0.4, 0.5) is 11.4 Å². The summed E-state index contributed by atoms with van der Waals surface area (Å²) in [6.45, 7) is 0. The highest BCUT2D eigenvalue weighted by atomic mass is 32.2. The van der Waals surface area contributed by atoms with E-state index < -0.39 is 0 Å². The van der Waals surface area contributed by atoms with Crippen LogP contribution in [-0.2, 0) is 16.0 Å². The van der Waals surface area contributed by atoms with Gasteiger partial charge in [0.1, 0.15) is 5.75 Å². The second-order valence-corrected chi connectivity index (χ2v) is 6.46. The molecule has 0 aromatic heterocycles. The molecule has 2 aromatic rings. The topological polar surface area (TPSA) is 67.4 Å². The van der Waals surface area contributed by atoms with E-state index in [-0.39, 0.29) is 11.8 Å². The van der Waals surface area contributed by atoms with Crippen molar-refractivity contribution in [2.75, 3.05) is 23.5 Å². The third kappa shape index (κ3) is 4.08. The normalized spacial score (nSPS) is 13.0. The number of ether oxygens (including phenoxy) is 1. The van der Waals surface area contributed by atoms with Gasteiger partial charge in [0.05, 0.1) is 18.6 Å². The molecule has 3 rings (SSSR count). The second kappa shape index (κ2) is 7.40. The lowest BCUT2D eigenvalue weighted by atomic mass is 10.1. The monoisotopic (exact) mass is 342 g/mol. The van der Waals surface area contributed by atoms with Gasteiger partial charge >= 0.3 is 0 Å². The van der Waals surface area contributed by atoms with E-state index in [9.17, 15) is 9.59 Å². The van der Waals surface area contributed by atoms with Gasteiger partial charge in [-0.05, 0) is 42.3 Å². The van der Waals surface area contributed by atoms with Crippen LogP contribution in [0.15, 0.2) is 47.4 Å². The average Bonchev–Trinajstić information content (AvgIpc) is 2.60. The molecule has 0 atom stereocenters. The summed E-state index contributed by atoms with van der Waals surface area (Å²) in [5.41, 5.74) is 2.53. The Labute approximate surface area is 144 Å². The van der Waals surface area contributed by atoms with Crippen molar-refractivity contribution in [1.82, 2.24) is 0 Å². The number of hydrogen-bond acceptors (Lipinski definition) is 4. The van der Waals surface area contributed by atoms with E-state index in [4.69, 9.17) is 4.74 Å². The fourth-order valence-corrected chi connectivity index (χ4v) is 3.22. The van der Waals surface area contributed by atoms with Gasteiger partial charge in [-0.3, -0.25) is 9.59 Å². The van der Waals surface area contributed by atoms with E-state index >= 15 is 0 Å². The molecule has 0 radical (unpaired) electrons. The fraction of sp³-hybridized carbons (Fsp3) is 0.222. The first kappa shape index (κ1) is 16.4. The number of hydrogen-bond donors (Lipinski definition) is 2. The summed E-state index contributed by atoms with van der Waals surface area (Å²) in [5, 5.41) is 5.69. The van der Waals surface area contributed by atoms with Crippen molar-refractivity contribution in [3.05, 3.63) is 48.0 Å². The molecule has 2 aromatic carbocycles. The van der Waals surface area contributed by atoms with Crippen molar-refractivity contribution in [3.63, 3.8) is 0 Å². The maximum atomic E-state index is 12.1. The molecular weight excluding hydrogens is 324 g/mol. The standard InChI is InChI=1S/C18H18N2O3S/c1-23-14-6-2-12(3-7-14)4-9-17(21)19-13-5-8-16-15(10-13)20-18(22)11-24-16/h2-3,5-8,10H,4,9,11H2,1H3,(H,19,21)(H,20,22). The Balaban J connectivity index is 1.56. The Bertz CT molecular complexity index is 759. The van der Waals surface area contributed by atoms with E-state index in [0.717, 1.165) is 21.9 Å². The van der Waals surface area contributed by atoms with E-state index in [1.807, 2.05) is 36.4 Å². The molecule has 0 aliphatic carbocycles. The summed E-state index contributed by atoms with van der Waals surface area (Å²) in [4.78, 5) is 24.6. The molecule has 1 aliphatic heterocycles. The third-order valence-electron chi connectivity index (χ3n) is 3.70. The highest BCUT2D eigenvalue weighted by molar-refractivity contribution is 8.00. The van der Waals surface area contributed by atoms with Crippen molar-refractivity contribution in [1.29, 1.82) is 0 Å². The van der Waals surface area contributed by atoms with Crippen molar-refractivity contribution >= 4 is 35.0 Å². The number of nitrogens with one attached hydrogen (secondary N) is 2. The quantitative estimate of drug-likeness (QED) is 0.875. The summed E-state index contributed by atoms with van der Waals surface area (Å²) in [6.07, 6.45) is 1.05. The Morgan fingerprint density at radius 2 is 2.04 bits per heavy atom. The van der Waals surface area contributed by atoms with Gasteiger partial charge in [0.15, 0.2) is 0 Å². The molecule has 6 heteroatoms. The minimum absolute atomic E-state index is 0.0181. The largest absolute Gasteiger partial charge is 0.497 e. The van der Waals surface area contributed by atoms with Crippen molar-refractivity contribution < 1.29 is 14.3 Å². The summed E-state index contributed by atoms with van der Waals surface area (Å²) < 4.78 is 5.12. The molecule has 2 N–H and O–H groups in total. The van der Waals surface area contributed by atoms with E-state index in [0.29, 0.717) is 24.3 Å². The van der Waals surface area contributed by atoms with Crippen LogP contribution in [0, 0.1) is 0 Å². The van der Waals surface area contributed by atoms with Gasteiger partial charge in [0.2, 0.25) is 11.8 Å². The highest BCUT2D eigenvalue weighted by Crippen LogP contribution is 2.33. The molecule has 1 aliphatic rings. The fourth-order valence-electron chi connectivity index (χ4n) is 2.43. The smallest absolute Gasteiger partial charge is 0.234 e. The second-order valence-electron chi connectivity index (χ2n) is 5.44. The number of thioether (sulfide) groups is 1. The summed E-state index contributed by atoms with van der Waals surface area (Å²) >= 11 is 1.50. The highest BCUT2D eigenvalue weighted by Gasteiger charge is 2.15. The van der Waals surface area contributed by atoms with Gasteiger partial charge in [-0.1, -0.05) is 12.1 Å². The van der Waals surface area contributed by atoms with Crippen molar-refractivity contribution in [2.45, 2.75) is 17.7 Å². The average molecular weight is 342 g/mol. The van der Waals surface area contributed by atoms with Crippen LogP contribution in [-0.4, -0.2) is 24.7 Å². The van der Waals surface area contributed by atoms with E-state index in [1.165, 1.54) is 11.8 Å². The van der Waals surface area contributed by atoms with Crippen LogP contribution in [0.25, 0.3) is 0 Å². The minimum Gasteiger partial charge on any atom is -0.497 e. The van der Waals surface area contributed by atoms with Gasteiger partial charge < -0.3 is 15.4 Å². The zero-order valence-electron chi connectivity index (χ0n) is 13.3. The maximum Gasteiger partial charge on any atom is 0.234 e. The Kier molecular flexibility index (Phi) is 5.05.